The van der Waals surface area contributed by atoms with Gasteiger partial charge in [-0.05, 0) is 25.1 Å². The number of ether oxygens (including phenoxy) is 1. The molecule has 7 heteroatoms. The van der Waals surface area contributed by atoms with Gasteiger partial charge in [0.25, 0.3) is 0 Å². The van der Waals surface area contributed by atoms with Gasteiger partial charge in [-0.25, -0.2) is 14.8 Å². The van der Waals surface area contributed by atoms with Crippen LogP contribution in [0.25, 0.3) is 0 Å². The molecule has 2 aromatic heterocycles. The van der Waals surface area contributed by atoms with Crippen LogP contribution in [0.4, 0.5) is 0 Å². The first-order chi connectivity index (χ1) is 13.5. The van der Waals surface area contributed by atoms with Crippen molar-refractivity contribution in [3.63, 3.8) is 0 Å². The van der Waals surface area contributed by atoms with E-state index in [0.717, 1.165) is 15.6 Å². The van der Waals surface area contributed by atoms with Gasteiger partial charge in [0.15, 0.2) is 0 Å². The molecule has 0 aliphatic rings. The van der Waals surface area contributed by atoms with E-state index in [2.05, 4.69) is 51.5 Å². The van der Waals surface area contributed by atoms with E-state index in [1.54, 1.807) is 55.0 Å². The number of hydrogen-bond acceptors (Lipinski definition) is 7. The molecule has 0 aliphatic heterocycles. The van der Waals surface area contributed by atoms with Crippen molar-refractivity contribution in [2.75, 3.05) is 6.61 Å². The minimum Gasteiger partial charge on any atom is -0.462 e. The average molecular weight is 437 g/mol. The van der Waals surface area contributed by atoms with Crippen LogP contribution in [0.3, 0.4) is 0 Å². The fraction of sp³-hybridized carbons (Fsp3) is 0.500. The smallest absolute Gasteiger partial charge is 0.340 e. The molecular weight excluding hydrogens is 404 g/mol. The van der Waals surface area contributed by atoms with Crippen LogP contribution in [0.2, 0.25) is 0 Å². The summed E-state index contributed by atoms with van der Waals surface area (Å²) in [6.07, 6.45) is 3.45. The average Bonchev–Trinajstić information content (AvgIpc) is 2.61. The number of aliphatic hydroxyl groups excluding tert-OH is 1. The largest absolute Gasteiger partial charge is 0.462 e. The van der Waals surface area contributed by atoms with Gasteiger partial charge in [0.2, 0.25) is 0 Å². The second-order valence-corrected chi connectivity index (χ2v) is 11.8. The van der Waals surface area contributed by atoms with Crippen LogP contribution in [-0.4, -0.2) is 37.1 Å². The molecule has 0 radical (unpaired) electrons. The lowest BCUT2D eigenvalue weighted by Crippen LogP contribution is -2.12. The number of carbonyl (C=O) groups excluding carboxylic acids is 1. The molecule has 0 aliphatic carbocycles. The van der Waals surface area contributed by atoms with Crippen LogP contribution in [0, 0.1) is 0 Å². The first kappa shape index (κ1) is 25.5. The van der Waals surface area contributed by atoms with Gasteiger partial charge in [0.1, 0.15) is 10.1 Å². The molecule has 0 fully saturated rings. The number of rotatable bonds is 5. The van der Waals surface area contributed by atoms with Crippen LogP contribution in [0.1, 0.15) is 64.4 Å². The first-order valence-corrected chi connectivity index (χ1v) is 11.1. The summed E-state index contributed by atoms with van der Waals surface area (Å²) in [5.74, 6) is -0.303. The molecule has 0 aromatic carbocycles. The van der Waals surface area contributed by atoms with Gasteiger partial charge in [-0.2, -0.15) is 0 Å². The fourth-order valence-corrected chi connectivity index (χ4v) is 3.96. The first-order valence-electron chi connectivity index (χ1n) is 9.51. The van der Waals surface area contributed by atoms with E-state index in [4.69, 9.17) is 9.84 Å². The summed E-state index contributed by atoms with van der Waals surface area (Å²) in [4.78, 5) is 20.1. The van der Waals surface area contributed by atoms with Crippen LogP contribution in [0.5, 0.6) is 0 Å². The number of thioether (sulfide) groups is 2. The van der Waals surface area contributed by atoms with Crippen LogP contribution in [0.15, 0.2) is 46.7 Å². The molecule has 0 bridgehead atoms. The van der Waals surface area contributed by atoms with Crippen LogP contribution < -0.4 is 0 Å². The Kier molecular flexibility index (Phi) is 10.2. The van der Waals surface area contributed by atoms with Crippen LogP contribution in [-0.2, 0) is 11.3 Å². The van der Waals surface area contributed by atoms with Gasteiger partial charge in [0, 0.05) is 27.5 Å². The standard InChI is InChI=1S/C12H17NO2S.C10H15NOS/c1-5-15-11(14)9-7-6-8-13-10(9)16-12(2,3)4;1-10(2,3)13-9-8(7-12)5-4-6-11-9/h6-8H,5H2,1-4H3;4-6,12H,7H2,1-3H3. The van der Waals surface area contributed by atoms with Crippen molar-refractivity contribution in [3.05, 3.63) is 47.8 Å². The molecule has 0 atom stereocenters. The normalized spacial score (nSPS) is 11.4. The van der Waals surface area contributed by atoms with Crippen LogP contribution >= 0.6 is 23.5 Å². The molecule has 29 heavy (non-hydrogen) atoms. The molecule has 2 aromatic rings. The Hall–Kier alpha value is -1.57. The molecule has 0 saturated heterocycles. The van der Waals surface area contributed by atoms with Gasteiger partial charge < -0.3 is 9.84 Å². The molecule has 160 valence electrons. The molecule has 5 nitrogen and oxygen atoms in total. The summed E-state index contributed by atoms with van der Waals surface area (Å²) in [7, 11) is 0. The van der Waals surface area contributed by atoms with Crippen molar-refractivity contribution in [2.45, 2.75) is 74.6 Å². The number of carbonyl (C=O) groups is 1. The van der Waals surface area contributed by atoms with Crippen molar-refractivity contribution in [1.82, 2.24) is 9.97 Å². The summed E-state index contributed by atoms with van der Waals surface area (Å²) in [6.45, 7) is 14.9. The van der Waals surface area contributed by atoms with E-state index in [1.807, 2.05) is 12.1 Å². The highest BCUT2D eigenvalue weighted by Crippen LogP contribution is 2.33. The minimum atomic E-state index is -0.303. The zero-order valence-electron chi connectivity index (χ0n) is 18.4. The van der Waals surface area contributed by atoms with E-state index in [9.17, 15) is 4.79 Å². The summed E-state index contributed by atoms with van der Waals surface area (Å²) in [6, 6.07) is 7.25. The maximum Gasteiger partial charge on any atom is 0.340 e. The minimum absolute atomic E-state index is 0.0234. The maximum atomic E-state index is 11.7. The zero-order valence-corrected chi connectivity index (χ0v) is 20.0. The Labute approximate surface area is 183 Å². The van der Waals surface area contributed by atoms with Crippen molar-refractivity contribution in [1.29, 1.82) is 0 Å². The molecule has 2 heterocycles. The van der Waals surface area contributed by atoms with Gasteiger partial charge in [-0.15, -0.1) is 11.8 Å². The Morgan fingerprint density at radius 3 is 2.00 bits per heavy atom. The van der Waals surface area contributed by atoms with Crippen molar-refractivity contribution in [3.8, 4) is 0 Å². The van der Waals surface area contributed by atoms with Gasteiger partial charge in [-0.3, -0.25) is 0 Å². The number of aliphatic hydroxyl groups is 1. The molecule has 0 spiro atoms. The van der Waals surface area contributed by atoms with Gasteiger partial charge in [-0.1, -0.05) is 59.4 Å². The predicted molar refractivity (Wildman–Crippen MR) is 122 cm³/mol. The van der Waals surface area contributed by atoms with Gasteiger partial charge in [0.05, 0.1) is 18.8 Å². The van der Waals surface area contributed by atoms with Crippen molar-refractivity contribution >= 4 is 29.5 Å². The second kappa shape index (κ2) is 11.6. The lowest BCUT2D eigenvalue weighted by molar-refractivity contribution is 0.0521. The molecule has 2 rings (SSSR count). The summed E-state index contributed by atoms with van der Waals surface area (Å²) in [5.41, 5.74) is 1.45. The number of aromatic nitrogens is 2. The molecule has 0 saturated carbocycles. The highest BCUT2D eigenvalue weighted by atomic mass is 32.2. The third-order valence-electron chi connectivity index (χ3n) is 3.09. The number of pyridine rings is 2. The Morgan fingerprint density at radius 2 is 1.48 bits per heavy atom. The summed E-state index contributed by atoms with van der Waals surface area (Å²) < 4.78 is 5.15. The second-order valence-electron chi connectivity index (χ2n) is 8.13. The fourth-order valence-electron chi connectivity index (χ4n) is 2.05. The molecule has 1 N–H and O–H groups in total. The zero-order chi connectivity index (χ0) is 22.1. The monoisotopic (exact) mass is 436 g/mol. The van der Waals surface area contributed by atoms with Crippen molar-refractivity contribution in [2.24, 2.45) is 0 Å². The summed E-state index contributed by atoms with van der Waals surface area (Å²) in [5, 5.41) is 10.7. The third-order valence-corrected chi connectivity index (χ3v) is 5.40. The van der Waals surface area contributed by atoms with Crippen molar-refractivity contribution < 1.29 is 14.6 Å². The lowest BCUT2D eigenvalue weighted by atomic mass is 10.3. The summed E-state index contributed by atoms with van der Waals surface area (Å²) >= 11 is 3.25. The Bertz CT molecular complexity index is 784. The lowest BCUT2D eigenvalue weighted by Gasteiger charge is -2.18. The highest BCUT2D eigenvalue weighted by molar-refractivity contribution is 8.00. The van der Waals surface area contributed by atoms with E-state index in [0.29, 0.717) is 12.2 Å². The number of nitrogens with zero attached hydrogens (tertiary/aromatic N) is 2. The maximum absolute atomic E-state index is 11.7. The third kappa shape index (κ3) is 10.1. The molecule has 0 amide bonds. The van der Waals surface area contributed by atoms with E-state index in [1.165, 1.54) is 0 Å². The highest BCUT2D eigenvalue weighted by Gasteiger charge is 2.19. The topological polar surface area (TPSA) is 72.3 Å². The van der Waals surface area contributed by atoms with E-state index in [-0.39, 0.29) is 22.1 Å². The quantitative estimate of drug-likeness (QED) is 0.482. The molecular formula is C22H32N2O3S2. The van der Waals surface area contributed by atoms with E-state index < -0.39 is 0 Å². The Balaban J connectivity index is 0.000000296. The SMILES string of the molecule is CC(C)(C)Sc1ncccc1CO.CCOC(=O)c1cccnc1SC(C)(C)C. The number of esters is 1. The van der Waals surface area contributed by atoms with Gasteiger partial charge >= 0.3 is 5.97 Å². The Morgan fingerprint density at radius 1 is 0.966 bits per heavy atom. The molecule has 0 unspecified atom stereocenters. The number of hydrogen-bond donors (Lipinski definition) is 1. The predicted octanol–water partition coefficient (Wildman–Crippen LogP) is 5.61. The van der Waals surface area contributed by atoms with E-state index >= 15 is 0 Å².